The molecular weight excluding hydrogens is 323 g/mol. The first-order chi connectivity index (χ1) is 12.2. The van der Waals surface area contributed by atoms with Crippen LogP contribution in [0.15, 0.2) is 36.4 Å². The van der Waals surface area contributed by atoms with Crippen molar-refractivity contribution >= 4 is 17.0 Å². The summed E-state index contributed by atoms with van der Waals surface area (Å²) in [5, 5.41) is 0. The first-order valence-corrected chi connectivity index (χ1v) is 8.14. The average molecular weight is 340 g/mol. The van der Waals surface area contributed by atoms with Crippen molar-refractivity contribution in [3.63, 3.8) is 0 Å². The number of nitrogens with zero attached hydrogens (tertiary/aromatic N) is 3. The third-order valence-electron chi connectivity index (χ3n) is 4.10. The number of benzene rings is 1. The maximum atomic E-state index is 13.1. The van der Waals surface area contributed by atoms with Crippen molar-refractivity contribution in [2.45, 2.75) is 18.9 Å². The van der Waals surface area contributed by atoms with Gasteiger partial charge in [0.2, 0.25) is 11.8 Å². The number of anilines is 1. The second-order valence-corrected chi connectivity index (χ2v) is 5.90. The van der Waals surface area contributed by atoms with Gasteiger partial charge in [-0.2, -0.15) is 4.98 Å². The van der Waals surface area contributed by atoms with Crippen molar-refractivity contribution < 1.29 is 13.9 Å². The normalized spacial score (nSPS) is 17.1. The summed E-state index contributed by atoms with van der Waals surface area (Å²) in [5.41, 5.74) is 8.37. The van der Waals surface area contributed by atoms with E-state index >= 15 is 0 Å². The van der Waals surface area contributed by atoms with Crippen molar-refractivity contribution in [3.05, 3.63) is 42.2 Å². The van der Waals surface area contributed by atoms with E-state index in [9.17, 15) is 4.39 Å². The van der Waals surface area contributed by atoms with Crippen LogP contribution in [-0.2, 0) is 4.74 Å². The summed E-state index contributed by atoms with van der Waals surface area (Å²) in [6.45, 7) is 1.15. The molecule has 2 aromatic heterocycles. The van der Waals surface area contributed by atoms with Crippen LogP contribution in [-0.4, -0.2) is 34.3 Å². The van der Waals surface area contributed by atoms with Crippen LogP contribution in [0.1, 0.15) is 12.8 Å². The summed E-state index contributed by atoms with van der Waals surface area (Å²) in [4.78, 5) is 13.0. The number of fused-ring (bicyclic) bond motifs is 1. The minimum Gasteiger partial charge on any atom is -0.473 e. The van der Waals surface area contributed by atoms with E-state index in [1.165, 1.54) is 12.1 Å². The number of aromatic nitrogens is 3. The number of hydrogen-bond donors (Lipinski definition) is 1. The van der Waals surface area contributed by atoms with Crippen molar-refractivity contribution in [2.24, 2.45) is 0 Å². The standard InChI is InChI=1S/C18H17FN4O2/c19-12-5-3-11(4-6-12)14-7-8-15-16(21-14)17(23-18(20)22-15)25-10-13-2-1-9-24-13/h3-8,13H,1-2,9-10H2,(H2,20,22,23). The molecule has 3 heterocycles. The van der Waals surface area contributed by atoms with Gasteiger partial charge in [0.25, 0.3) is 0 Å². The molecule has 1 unspecified atom stereocenters. The fraction of sp³-hybridized carbons (Fsp3) is 0.278. The predicted octanol–water partition coefficient (Wildman–Crippen LogP) is 2.97. The fourth-order valence-electron chi connectivity index (χ4n) is 2.83. The molecule has 0 amide bonds. The van der Waals surface area contributed by atoms with Gasteiger partial charge in [0.1, 0.15) is 12.4 Å². The van der Waals surface area contributed by atoms with Gasteiger partial charge in [-0.1, -0.05) is 0 Å². The Balaban J connectivity index is 1.70. The molecule has 1 aliphatic rings. The highest BCUT2D eigenvalue weighted by Gasteiger charge is 2.18. The number of nitrogen functional groups attached to an aromatic ring is 1. The largest absolute Gasteiger partial charge is 0.473 e. The summed E-state index contributed by atoms with van der Waals surface area (Å²) < 4.78 is 24.5. The molecule has 3 aromatic rings. The number of ether oxygens (including phenoxy) is 2. The molecule has 0 saturated carbocycles. The average Bonchev–Trinajstić information content (AvgIpc) is 3.13. The van der Waals surface area contributed by atoms with E-state index in [2.05, 4.69) is 15.0 Å². The topological polar surface area (TPSA) is 83.2 Å². The summed E-state index contributed by atoms with van der Waals surface area (Å²) in [5.74, 6) is 0.175. The number of hydrogen-bond acceptors (Lipinski definition) is 6. The Hall–Kier alpha value is -2.80. The molecular formula is C18H17FN4O2. The fourth-order valence-corrected chi connectivity index (χ4v) is 2.83. The molecule has 1 aromatic carbocycles. The molecule has 2 N–H and O–H groups in total. The third-order valence-corrected chi connectivity index (χ3v) is 4.10. The van der Waals surface area contributed by atoms with Crippen LogP contribution in [0.25, 0.3) is 22.3 Å². The van der Waals surface area contributed by atoms with E-state index in [4.69, 9.17) is 15.2 Å². The second kappa shape index (κ2) is 6.60. The van der Waals surface area contributed by atoms with E-state index in [1.54, 1.807) is 18.2 Å². The highest BCUT2D eigenvalue weighted by Crippen LogP contribution is 2.26. The van der Waals surface area contributed by atoms with Crippen LogP contribution in [0.2, 0.25) is 0 Å². The van der Waals surface area contributed by atoms with Crippen molar-refractivity contribution in [3.8, 4) is 17.1 Å². The van der Waals surface area contributed by atoms with Crippen LogP contribution in [0.5, 0.6) is 5.88 Å². The Morgan fingerprint density at radius 3 is 2.72 bits per heavy atom. The SMILES string of the molecule is Nc1nc(OCC2CCCO2)c2nc(-c3ccc(F)cc3)ccc2n1. The first-order valence-electron chi connectivity index (χ1n) is 8.14. The minimum absolute atomic E-state index is 0.0616. The summed E-state index contributed by atoms with van der Waals surface area (Å²) in [6.07, 6.45) is 2.06. The van der Waals surface area contributed by atoms with Gasteiger partial charge in [-0.15, -0.1) is 0 Å². The maximum absolute atomic E-state index is 13.1. The third kappa shape index (κ3) is 3.36. The van der Waals surface area contributed by atoms with Crippen molar-refractivity contribution in [2.75, 3.05) is 18.9 Å². The van der Waals surface area contributed by atoms with E-state index < -0.39 is 0 Å². The molecule has 4 rings (SSSR count). The molecule has 0 spiro atoms. The molecule has 0 radical (unpaired) electrons. The monoisotopic (exact) mass is 340 g/mol. The van der Waals surface area contributed by atoms with Crippen LogP contribution in [0.3, 0.4) is 0 Å². The lowest BCUT2D eigenvalue weighted by Gasteiger charge is -2.12. The summed E-state index contributed by atoms with van der Waals surface area (Å²) >= 11 is 0. The van der Waals surface area contributed by atoms with Gasteiger partial charge in [0.05, 0.1) is 17.3 Å². The van der Waals surface area contributed by atoms with Gasteiger partial charge in [-0.05, 0) is 49.2 Å². The number of halogens is 1. The van der Waals surface area contributed by atoms with Gasteiger partial charge in [-0.25, -0.2) is 14.4 Å². The van der Waals surface area contributed by atoms with Crippen LogP contribution in [0, 0.1) is 5.82 Å². The molecule has 0 bridgehead atoms. The van der Waals surface area contributed by atoms with Gasteiger partial charge in [-0.3, -0.25) is 0 Å². The zero-order valence-corrected chi connectivity index (χ0v) is 13.5. The van der Waals surface area contributed by atoms with Crippen LogP contribution >= 0.6 is 0 Å². The Bertz CT molecular complexity index is 895. The highest BCUT2D eigenvalue weighted by molar-refractivity contribution is 5.83. The zero-order valence-electron chi connectivity index (χ0n) is 13.5. The minimum atomic E-state index is -0.291. The zero-order chi connectivity index (χ0) is 17.2. The number of rotatable bonds is 4. The predicted molar refractivity (Wildman–Crippen MR) is 91.6 cm³/mol. The molecule has 25 heavy (non-hydrogen) atoms. The van der Waals surface area contributed by atoms with Crippen molar-refractivity contribution in [1.29, 1.82) is 0 Å². The van der Waals surface area contributed by atoms with Crippen LogP contribution in [0.4, 0.5) is 10.3 Å². The Morgan fingerprint density at radius 2 is 1.96 bits per heavy atom. The van der Waals surface area contributed by atoms with E-state index in [1.807, 2.05) is 6.07 Å². The molecule has 1 aliphatic heterocycles. The van der Waals surface area contributed by atoms with Gasteiger partial charge >= 0.3 is 0 Å². The lowest BCUT2D eigenvalue weighted by Crippen LogP contribution is -2.17. The molecule has 7 heteroatoms. The lowest BCUT2D eigenvalue weighted by atomic mass is 10.1. The van der Waals surface area contributed by atoms with Crippen molar-refractivity contribution in [1.82, 2.24) is 15.0 Å². The van der Waals surface area contributed by atoms with Gasteiger partial charge in [0.15, 0.2) is 5.52 Å². The van der Waals surface area contributed by atoms with Crippen LogP contribution < -0.4 is 10.5 Å². The van der Waals surface area contributed by atoms with E-state index in [0.29, 0.717) is 29.2 Å². The maximum Gasteiger partial charge on any atom is 0.245 e. The first kappa shape index (κ1) is 15.7. The Morgan fingerprint density at radius 1 is 1.12 bits per heavy atom. The summed E-state index contributed by atoms with van der Waals surface area (Å²) in [7, 11) is 0. The van der Waals surface area contributed by atoms with E-state index in [-0.39, 0.29) is 17.9 Å². The Kier molecular flexibility index (Phi) is 4.15. The quantitative estimate of drug-likeness (QED) is 0.786. The molecule has 1 saturated heterocycles. The smallest absolute Gasteiger partial charge is 0.245 e. The molecule has 1 fully saturated rings. The van der Waals surface area contributed by atoms with E-state index in [0.717, 1.165) is 25.0 Å². The number of pyridine rings is 1. The Labute approximate surface area is 143 Å². The molecule has 128 valence electrons. The molecule has 0 aliphatic carbocycles. The second-order valence-electron chi connectivity index (χ2n) is 5.90. The number of nitrogens with two attached hydrogens (primary N) is 1. The summed E-state index contributed by atoms with van der Waals surface area (Å²) in [6, 6.07) is 9.76. The van der Waals surface area contributed by atoms with Gasteiger partial charge in [0, 0.05) is 12.2 Å². The molecule has 6 nitrogen and oxygen atoms in total. The van der Waals surface area contributed by atoms with Gasteiger partial charge < -0.3 is 15.2 Å². The highest BCUT2D eigenvalue weighted by atomic mass is 19.1. The lowest BCUT2D eigenvalue weighted by molar-refractivity contribution is 0.0669. The molecule has 1 atom stereocenters.